The van der Waals surface area contributed by atoms with Gasteiger partial charge in [0.25, 0.3) is 5.69 Å². The second kappa shape index (κ2) is 4.51. The molecule has 2 saturated heterocycles. The van der Waals surface area contributed by atoms with Crippen molar-refractivity contribution in [2.24, 2.45) is 0 Å². The third-order valence-corrected chi connectivity index (χ3v) is 4.10. The SMILES string of the molecule is O=[N+]([O-])c1cc(Br)ccc1NC1CC2CCC1O2. The molecule has 2 heterocycles. The van der Waals surface area contributed by atoms with Gasteiger partial charge in [0.05, 0.1) is 23.2 Å². The number of halogens is 1. The van der Waals surface area contributed by atoms with Crippen molar-refractivity contribution in [1.29, 1.82) is 0 Å². The van der Waals surface area contributed by atoms with Gasteiger partial charge in [-0.15, -0.1) is 0 Å². The number of rotatable bonds is 3. The van der Waals surface area contributed by atoms with Crippen molar-refractivity contribution in [2.75, 3.05) is 5.32 Å². The molecule has 1 aromatic carbocycles. The predicted octanol–water partition coefficient (Wildman–Crippen LogP) is 3.09. The van der Waals surface area contributed by atoms with E-state index < -0.39 is 0 Å². The van der Waals surface area contributed by atoms with Crippen molar-refractivity contribution in [1.82, 2.24) is 0 Å². The molecule has 1 aromatic rings. The number of nitrogens with one attached hydrogen (secondary N) is 1. The monoisotopic (exact) mass is 312 g/mol. The smallest absolute Gasteiger partial charge is 0.293 e. The fourth-order valence-electron chi connectivity index (χ4n) is 2.77. The lowest BCUT2D eigenvalue weighted by molar-refractivity contribution is -0.384. The van der Waals surface area contributed by atoms with Gasteiger partial charge in [-0.3, -0.25) is 10.1 Å². The van der Waals surface area contributed by atoms with E-state index in [0.29, 0.717) is 16.3 Å². The Kier molecular flexibility index (Phi) is 2.99. The lowest BCUT2D eigenvalue weighted by atomic mass is 9.95. The van der Waals surface area contributed by atoms with Gasteiger partial charge in [-0.25, -0.2) is 0 Å². The molecule has 2 fully saturated rings. The Balaban J connectivity index is 1.82. The molecule has 3 atom stereocenters. The lowest BCUT2D eigenvalue weighted by Gasteiger charge is -2.21. The number of ether oxygens (including phenoxy) is 1. The molecule has 0 aliphatic carbocycles. The van der Waals surface area contributed by atoms with Gasteiger partial charge in [0, 0.05) is 10.5 Å². The quantitative estimate of drug-likeness (QED) is 0.688. The summed E-state index contributed by atoms with van der Waals surface area (Å²) in [6, 6.07) is 5.28. The summed E-state index contributed by atoms with van der Waals surface area (Å²) in [6.45, 7) is 0. The molecule has 0 amide bonds. The Bertz CT molecular complexity index is 494. The topological polar surface area (TPSA) is 64.4 Å². The number of nitro groups is 1. The van der Waals surface area contributed by atoms with Crippen LogP contribution in [0.25, 0.3) is 0 Å². The standard InChI is InChI=1S/C12H13BrN2O3/c13-7-1-3-9(11(5-7)15(16)17)14-10-6-8-2-4-12(10)18-8/h1,3,5,8,10,12,14H,2,4,6H2. The average molecular weight is 313 g/mol. The molecule has 3 rings (SSSR count). The molecule has 96 valence electrons. The van der Waals surface area contributed by atoms with Gasteiger partial charge in [-0.05, 0) is 31.4 Å². The Labute approximate surface area is 113 Å². The molecule has 0 saturated carbocycles. The van der Waals surface area contributed by atoms with Gasteiger partial charge < -0.3 is 10.1 Å². The number of hydrogen-bond donors (Lipinski definition) is 1. The Morgan fingerprint density at radius 1 is 1.44 bits per heavy atom. The first-order chi connectivity index (χ1) is 8.63. The molecule has 2 aliphatic rings. The van der Waals surface area contributed by atoms with Crippen molar-refractivity contribution in [3.05, 3.63) is 32.8 Å². The Hall–Kier alpha value is -1.14. The van der Waals surface area contributed by atoms with Gasteiger partial charge in [0.1, 0.15) is 5.69 Å². The minimum atomic E-state index is -0.360. The summed E-state index contributed by atoms with van der Waals surface area (Å²) in [5.41, 5.74) is 0.677. The van der Waals surface area contributed by atoms with Crippen LogP contribution >= 0.6 is 15.9 Å². The van der Waals surface area contributed by atoms with E-state index in [9.17, 15) is 10.1 Å². The number of fused-ring (bicyclic) bond motifs is 2. The van der Waals surface area contributed by atoms with Gasteiger partial charge in [-0.1, -0.05) is 15.9 Å². The molecular weight excluding hydrogens is 300 g/mol. The van der Waals surface area contributed by atoms with Crippen LogP contribution in [0.3, 0.4) is 0 Å². The molecule has 3 unspecified atom stereocenters. The van der Waals surface area contributed by atoms with Crippen LogP contribution in [-0.2, 0) is 4.74 Å². The predicted molar refractivity (Wildman–Crippen MR) is 70.7 cm³/mol. The van der Waals surface area contributed by atoms with E-state index in [1.165, 1.54) is 6.07 Å². The zero-order chi connectivity index (χ0) is 12.7. The highest BCUT2D eigenvalue weighted by atomic mass is 79.9. The zero-order valence-corrected chi connectivity index (χ0v) is 11.2. The highest BCUT2D eigenvalue weighted by molar-refractivity contribution is 9.10. The summed E-state index contributed by atoms with van der Waals surface area (Å²) in [4.78, 5) is 10.7. The largest absolute Gasteiger partial charge is 0.374 e. The van der Waals surface area contributed by atoms with E-state index in [0.717, 1.165) is 19.3 Å². The highest BCUT2D eigenvalue weighted by Crippen LogP contribution is 2.37. The highest BCUT2D eigenvalue weighted by Gasteiger charge is 2.41. The summed E-state index contributed by atoms with van der Waals surface area (Å²) in [6.07, 6.45) is 3.65. The van der Waals surface area contributed by atoms with E-state index >= 15 is 0 Å². The fraction of sp³-hybridized carbons (Fsp3) is 0.500. The minimum absolute atomic E-state index is 0.104. The van der Waals surface area contributed by atoms with Crippen molar-refractivity contribution in [2.45, 2.75) is 37.5 Å². The van der Waals surface area contributed by atoms with E-state index in [2.05, 4.69) is 21.2 Å². The van der Waals surface area contributed by atoms with Crippen LogP contribution in [-0.4, -0.2) is 23.2 Å². The summed E-state index contributed by atoms with van der Waals surface area (Å²) in [5, 5.41) is 14.3. The third kappa shape index (κ3) is 2.10. The third-order valence-electron chi connectivity index (χ3n) is 3.60. The van der Waals surface area contributed by atoms with Crippen molar-refractivity contribution in [3.63, 3.8) is 0 Å². The average Bonchev–Trinajstić information content (AvgIpc) is 2.93. The van der Waals surface area contributed by atoms with Gasteiger partial charge in [0.2, 0.25) is 0 Å². The van der Waals surface area contributed by atoms with Crippen LogP contribution in [0.15, 0.2) is 22.7 Å². The van der Waals surface area contributed by atoms with E-state index in [4.69, 9.17) is 4.74 Å². The number of nitrogens with zero attached hydrogens (tertiary/aromatic N) is 1. The molecule has 1 N–H and O–H groups in total. The fourth-order valence-corrected chi connectivity index (χ4v) is 3.12. The summed E-state index contributed by atoms with van der Waals surface area (Å²) >= 11 is 3.25. The van der Waals surface area contributed by atoms with Crippen molar-refractivity contribution < 1.29 is 9.66 Å². The summed E-state index contributed by atoms with van der Waals surface area (Å²) < 4.78 is 6.45. The van der Waals surface area contributed by atoms with Gasteiger partial charge >= 0.3 is 0 Å². The maximum Gasteiger partial charge on any atom is 0.293 e. The first-order valence-electron chi connectivity index (χ1n) is 5.99. The minimum Gasteiger partial charge on any atom is -0.374 e. The van der Waals surface area contributed by atoms with Gasteiger partial charge in [-0.2, -0.15) is 0 Å². The number of anilines is 1. The van der Waals surface area contributed by atoms with E-state index in [1.807, 2.05) is 6.07 Å². The van der Waals surface area contributed by atoms with E-state index in [-0.39, 0.29) is 22.8 Å². The van der Waals surface area contributed by atoms with Crippen LogP contribution in [0, 0.1) is 10.1 Å². The van der Waals surface area contributed by atoms with Crippen LogP contribution in [0.1, 0.15) is 19.3 Å². The molecular formula is C12H13BrN2O3. The first-order valence-corrected chi connectivity index (χ1v) is 6.79. The molecule has 0 aromatic heterocycles. The van der Waals surface area contributed by atoms with Crippen LogP contribution in [0.2, 0.25) is 0 Å². The lowest BCUT2D eigenvalue weighted by Crippen LogP contribution is -2.30. The van der Waals surface area contributed by atoms with Crippen molar-refractivity contribution in [3.8, 4) is 0 Å². The van der Waals surface area contributed by atoms with Crippen LogP contribution in [0.4, 0.5) is 11.4 Å². The molecule has 5 nitrogen and oxygen atoms in total. The zero-order valence-electron chi connectivity index (χ0n) is 9.64. The Morgan fingerprint density at radius 2 is 2.28 bits per heavy atom. The maximum atomic E-state index is 11.0. The molecule has 6 heteroatoms. The van der Waals surface area contributed by atoms with Crippen LogP contribution < -0.4 is 5.32 Å². The molecule has 0 spiro atoms. The molecule has 2 bridgehead atoms. The summed E-state index contributed by atoms with van der Waals surface area (Å²) in [7, 11) is 0. The number of hydrogen-bond acceptors (Lipinski definition) is 4. The van der Waals surface area contributed by atoms with Crippen LogP contribution in [0.5, 0.6) is 0 Å². The number of nitro benzene ring substituents is 1. The van der Waals surface area contributed by atoms with Crippen molar-refractivity contribution >= 4 is 27.3 Å². The second-order valence-electron chi connectivity index (χ2n) is 4.78. The summed E-state index contributed by atoms with van der Waals surface area (Å²) in [5.74, 6) is 0. The maximum absolute atomic E-state index is 11.0. The normalized spacial score (nSPS) is 29.5. The number of benzene rings is 1. The molecule has 2 aliphatic heterocycles. The first kappa shape index (κ1) is 11.9. The van der Waals surface area contributed by atoms with Gasteiger partial charge in [0.15, 0.2) is 0 Å². The Morgan fingerprint density at radius 3 is 2.89 bits per heavy atom. The molecule has 18 heavy (non-hydrogen) atoms. The second-order valence-corrected chi connectivity index (χ2v) is 5.69. The molecule has 0 radical (unpaired) electrons. The van der Waals surface area contributed by atoms with E-state index in [1.54, 1.807) is 6.07 Å².